The molecule has 34 heavy (non-hydrogen) atoms. The van der Waals surface area contributed by atoms with Gasteiger partial charge in [0.2, 0.25) is 18.2 Å². The number of rotatable bonds is 12. The molecule has 3 rings (SSSR count). The van der Waals surface area contributed by atoms with Gasteiger partial charge < -0.3 is 25.6 Å². The van der Waals surface area contributed by atoms with E-state index in [9.17, 15) is 14.4 Å². The molecule has 0 bridgehead atoms. The minimum absolute atomic E-state index is 0.0141. The zero-order valence-electron chi connectivity index (χ0n) is 19.3. The summed E-state index contributed by atoms with van der Waals surface area (Å²) in [7, 11) is 0. The third-order valence-electron chi connectivity index (χ3n) is 5.65. The lowest BCUT2D eigenvalue weighted by Gasteiger charge is -2.26. The van der Waals surface area contributed by atoms with Gasteiger partial charge in [-0.2, -0.15) is 0 Å². The predicted octanol–water partition coefficient (Wildman–Crippen LogP) is 2.48. The van der Waals surface area contributed by atoms with E-state index in [-0.39, 0.29) is 24.2 Å². The molecule has 0 spiro atoms. The van der Waals surface area contributed by atoms with E-state index in [4.69, 9.17) is 15.9 Å². The summed E-state index contributed by atoms with van der Waals surface area (Å²) in [5.41, 5.74) is 6.70. The third kappa shape index (κ3) is 6.57. The zero-order chi connectivity index (χ0) is 24.5. The predicted molar refractivity (Wildman–Crippen MR) is 132 cm³/mol. The summed E-state index contributed by atoms with van der Waals surface area (Å²) in [6.45, 7) is 3.36. The largest absolute Gasteiger partial charge is 0.494 e. The molecule has 4 N–H and O–H groups in total. The van der Waals surface area contributed by atoms with Crippen molar-refractivity contribution in [2.24, 2.45) is 5.73 Å². The Morgan fingerprint density at radius 1 is 1.35 bits per heavy atom. The van der Waals surface area contributed by atoms with Gasteiger partial charge in [-0.05, 0) is 49.6 Å². The molecule has 0 saturated carbocycles. The van der Waals surface area contributed by atoms with Crippen molar-refractivity contribution in [3.8, 4) is 5.75 Å². The Morgan fingerprint density at radius 2 is 2.12 bits per heavy atom. The van der Waals surface area contributed by atoms with Gasteiger partial charge >= 0.3 is 0 Å². The molecule has 3 amide bonds. The summed E-state index contributed by atoms with van der Waals surface area (Å²) < 4.78 is 5.64. The third-order valence-corrected chi connectivity index (χ3v) is 6.58. The molecule has 1 saturated heterocycles. The minimum atomic E-state index is -0.567. The number of ether oxygens (including phenoxy) is 1. The number of benzene rings is 1. The minimum Gasteiger partial charge on any atom is -0.494 e. The number of hydrogen-bond acceptors (Lipinski definition) is 6. The summed E-state index contributed by atoms with van der Waals surface area (Å²) in [6.07, 6.45) is 3.94. The van der Waals surface area contributed by atoms with Crippen LogP contribution in [0.15, 0.2) is 35.7 Å². The number of anilines is 1. The molecule has 10 heteroatoms. The van der Waals surface area contributed by atoms with Crippen molar-refractivity contribution < 1.29 is 19.1 Å². The lowest BCUT2D eigenvalue weighted by atomic mass is 10.2. The monoisotopic (exact) mass is 485 g/mol. The Kier molecular flexibility index (Phi) is 9.03. The highest BCUT2D eigenvalue weighted by atomic mass is 32.1. The number of carbonyl (C=O) groups excluding carboxylic acids is 3. The van der Waals surface area contributed by atoms with E-state index in [1.54, 1.807) is 40.6 Å². The highest BCUT2D eigenvalue weighted by Gasteiger charge is 2.34. The second-order valence-electron chi connectivity index (χ2n) is 8.11. The number of unbranched alkanes of at least 4 members (excludes halogenated alkanes) is 1. The first-order valence-corrected chi connectivity index (χ1v) is 12.2. The number of thiophene rings is 1. The van der Waals surface area contributed by atoms with Gasteiger partial charge in [0.15, 0.2) is 0 Å². The van der Waals surface area contributed by atoms with Gasteiger partial charge in [0.05, 0.1) is 13.2 Å². The van der Waals surface area contributed by atoms with Crippen molar-refractivity contribution in [3.05, 3.63) is 46.2 Å². The van der Waals surface area contributed by atoms with Crippen molar-refractivity contribution in [1.82, 2.24) is 10.2 Å². The topological polar surface area (TPSA) is 129 Å². The number of hydrogen-bond donors (Lipinski definition) is 3. The molecule has 0 unspecified atom stereocenters. The van der Waals surface area contributed by atoms with Crippen LogP contribution in [0, 0.1) is 5.41 Å². The number of likely N-dealkylation sites (tertiary alicyclic amines) is 1. The maximum atomic E-state index is 13.0. The van der Waals surface area contributed by atoms with Crippen molar-refractivity contribution in [1.29, 1.82) is 5.41 Å². The fourth-order valence-corrected chi connectivity index (χ4v) is 4.56. The summed E-state index contributed by atoms with van der Waals surface area (Å²) in [4.78, 5) is 41.2. The first-order valence-electron chi connectivity index (χ1n) is 11.4. The van der Waals surface area contributed by atoms with Crippen molar-refractivity contribution >= 4 is 41.1 Å². The van der Waals surface area contributed by atoms with E-state index in [1.165, 1.54) is 16.2 Å². The molecule has 1 aliphatic heterocycles. The number of nitrogens with two attached hydrogens (primary N) is 1. The molecule has 1 aromatic heterocycles. The van der Waals surface area contributed by atoms with Crippen molar-refractivity contribution in [2.75, 3.05) is 24.6 Å². The maximum absolute atomic E-state index is 13.0. The van der Waals surface area contributed by atoms with Crippen LogP contribution in [0.2, 0.25) is 0 Å². The SMILES string of the molecule is CCCCOc1ccc(N(C=O)CC(=O)N2CCC[C@H]2C(=O)NCc2cc(C(=N)N)cs2)cc1. The molecule has 1 aromatic carbocycles. The van der Waals surface area contributed by atoms with E-state index < -0.39 is 6.04 Å². The second kappa shape index (κ2) is 12.2. The van der Waals surface area contributed by atoms with Crippen LogP contribution in [0.3, 0.4) is 0 Å². The highest BCUT2D eigenvalue weighted by Crippen LogP contribution is 2.22. The van der Waals surface area contributed by atoms with Crippen LogP contribution in [-0.2, 0) is 20.9 Å². The molecule has 2 aromatic rings. The number of nitrogens with zero attached hydrogens (tertiary/aromatic N) is 2. The summed E-state index contributed by atoms with van der Waals surface area (Å²) in [5.74, 6) is 0.199. The van der Waals surface area contributed by atoms with Crippen molar-refractivity contribution in [3.63, 3.8) is 0 Å². The van der Waals surface area contributed by atoms with Gasteiger partial charge in [-0.25, -0.2) is 0 Å². The summed E-state index contributed by atoms with van der Waals surface area (Å²) in [6, 6.07) is 8.25. The van der Waals surface area contributed by atoms with Crippen LogP contribution < -0.4 is 20.7 Å². The van der Waals surface area contributed by atoms with Gasteiger partial charge in [-0.15, -0.1) is 11.3 Å². The first kappa shape index (κ1) is 25.2. The van der Waals surface area contributed by atoms with Crippen LogP contribution in [0.5, 0.6) is 5.75 Å². The Bertz CT molecular complexity index is 1010. The van der Waals surface area contributed by atoms with E-state index in [0.29, 0.717) is 49.5 Å². The Hall–Kier alpha value is -3.40. The van der Waals surface area contributed by atoms with E-state index in [1.807, 2.05) is 0 Å². The zero-order valence-corrected chi connectivity index (χ0v) is 20.1. The van der Waals surface area contributed by atoms with Gasteiger partial charge in [0, 0.05) is 28.1 Å². The van der Waals surface area contributed by atoms with Crippen LogP contribution in [0.4, 0.5) is 5.69 Å². The van der Waals surface area contributed by atoms with Crippen LogP contribution >= 0.6 is 11.3 Å². The quantitative estimate of drug-likeness (QED) is 0.184. The average Bonchev–Trinajstić information content (AvgIpc) is 3.52. The summed E-state index contributed by atoms with van der Waals surface area (Å²) in [5, 5.41) is 12.1. The van der Waals surface area contributed by atoms with Crippen LogP contribution in [-0.4, -0.2) is 54.7 Å². The molecule has 9 nitrogen and oxygen atoms in total. The van der Waals surface area contributed by atoms with Crippen molar-refractivity contribution in [2.45, 2.75) is 45.2 Å². The first-order chi connectivity index (χ1) is 16.4. The lowest BCUT2D eigenvalue weighted by Crippen LogP contribution is -2.48. The molecule has 1 atom stereocenters. The normalized spacial score (nSPS) is 15.1. The van der Waals surface area contributed by atoms with Gasteiger partial charge in [0.25, 0.3) is 0 Å². The summed E-state index contributed by atoms with van der Waals surface area (Å²) >= 11 is 1.41. The van der Waals surface area contributed by atoms with Gasteiger partial charge in [-0.1, -0.05) is 13.3 Å². The number of nitrogen functional groups attached to an aromatic ring is 1. The van der Waals surface area contributed by atoms with Crippen LogP contribution in [0.1, 0.15) is 43.0 Å². The molecule has 2 heterocycles. The van der Waals surface area contributed by atoms with Crippen LogP contribution in [0.25, 0.3) is 0 Å². The lowest BCUT2D eigenvalue weighted by molar-refractivity contribution is -0.137. The number of amidine groups is 1. The standard InChI is InChI=1S/C24H31N5O4S/c1-2-3-11-33-19-8-6-18(7-9-19)28(16-30)14-22(31)29-10-4-5-21(29)24(32)27-13-20-12-17(15-34-20)23(25)26/h6-9,12,15-16,21H,2-5,10-11,13-14H2,1H3,(H3,25,26)(H,27,32)/t21-/m0/s1. The molecule has 182 valence electrons. The van der Waals surface area contributed by atoms with Gasteiger partial charge in [-0.3, -0.25) is 19.8 Å². The Balaban J connectivity index is 1.56. The Labute approximate surface area is 203 Å². The molecule has 1 aliphatic rings. The molecular formula is C24H31N5O4S. The highest BCUT2D eigenvalue weighted by molar-refractivity contribution is 7.10. The molecule has 1 fully saturated rings. The molecular weight excluding hydrogens is 454 g/mol. The number of amides is 3. The fourth-order valence-electron chi connectivity index (χ4n) is 3.74. The number of carbonyl (C=O) groups is 3. The average molecular weight is 486 g/mol. The molecule has 0 aliphatic carbocycles. The number of nitrogens with one attached hydrogen (secondary N) is 2. The second-order valence-corrected chi connectivity index (χ2v) is 9.10. The van der Waals surface area contributed by atoms with E-state index >= 15 is 0 Å². The maximum Gasteiger partial charge on any atom is 0.243 e. The Morgan fingerprint density at radius 3 is 2.76 bits per heavy atom. The fraction of sp³-hybridized carbons (Fsp3) is 0.417. The van der Waals surface area contributed by atoms with E-state index in [2.05, 4.69) is 12.2 Å². The smallest absolute Gasteiger partial charge is 0.243 e. The van der Waals surface area contributed by atoms with Gasteiger partial charge in [0.1, 0.15) is 24.2 Å². The van der Waals surface area contributed by atoms with E-state index in [0.717, 1.165) is 24.1 Å². The molecule has 0 radical (unpaired) electrons.